The van der Waals surface area contributed by atoms with Crippen LogP contribution in [0, 0.1) is 0 Å². The molecule has 0 aliphatic heterocycles. The minimum absolute atomic E-state index is 0.147. The molecule has 0 aliphatic rings. The van der Waals surface area contributed by atoms with Crippen molar-refractivity contribution in [3.63, 3.8) is 0 Å². The van der Waals surface area contributed by atoms with E-state index in [2.05, 4.69) is 21.7 Å². The van der Waals surface area contributed by atoms with Crippen molar-refractivity contribution < 1.29 is 14.4 Å². The van der Waals surface area contributed by atoms with Crippen molar-refractivity contribution in [3.8, 4) is 0 Å². The van der Waals surface area contributed by atoms with Crippen LogP contribution in [0.5, 0.6) is 0 Å². The van der Waals surface area contributed by atoms with Crippen LogP contribution in [0.4, 0.5) is 0 Å². The maximum atomic E-state index is 12.9. The molecular weight excluding hydrogens is 434 g/mol. The Morgan fingerprint density at radius 2 is 1.94 bits per heavy atom. The van der Waals surface area contributed by atoms with Gasteiger partial charge in [0.15, 0.2) is 0 Å². The Hall–Kier alpha value is -2.93. The summed E-state index contributed by atoms with van der Waals surface area (Å²) in [5.74, 6) is -0.0323. The van der Waals surface area contributed by atoms with Crippen LogP contribution in [0.15, 0.2) is 47.3 Å². The molecule has 3 aromatic rings. The van der Waals surface area contributed by atoms with Gasteiger partial charge in [0, 0.05) is 36.5 Å². The third-order valence-corrected chi connectivity index (χ3v) is 6.54. The van der Waals surface area contributed by atoms with E-state index < -0.39 is 6.04 Å². The van der Waals surface area contributed by atoms with E-state index in [9.17, 15) is 14.4 Å². The van der Waals surface area contributed by atoms with E-state index >= 15 is 0 Å². The maximum Gasteiger partial charge on any atom is 0.242 e. The predicted octanol–water partition coefficient (Wildman–Crippen LogP) is 4.55. The number of fused-ring (bicyclic) bond motifs is 1. The van der Waals surface area contributed by atoms with Crippen molar-refractivity contribution in [1.29, 1.82) is 0 Å². The number of ketones is 1. The van der Waals surface area contributed by atoms with Crippen molar-refractivity contribution in [1.82, 2.24) is 15.6 Å². The molecule has 2 amide bonds. The fourth-order valence-electron chi connectivity index (χ4n) is 3.90. The first-order chi connectivity index (χ1) is 16.1. The van der Waals surface area contributed by atoms with Gasteiger partial charge in [-0.25, -0.2) is 0 Å². The highest BCUT2D eigenvalue weighted by molar-refractivity contribution is 7.08. The number of hydrogen-bond donors (Lipinski definition) is 3. The molecule has 2 aromatic heterocycles. The molecule has 1 aromatic carbocycles. The maximum absolute atomic E-state index is 12.9. The first kappa shape index (κ1) is 24.7. The molecule has 0 saturated heterocycles. The zero-order valence-electron chi connectivity index (χ0n) is 19.2. The van der Waals surface area contributed by atoms with Gasteiger partial charge in [0.1, 0.15) is 11.8 Å². The van der Waals surface area contributed by atoms with Gasteiger partial charge in [-0.2, -0.15) is 11.3 Å². The Morgan fingerprint density at radius 3 is 2.73 bits per heavy atom. The average Bonchev–Trinajstić information content (AvgIpc) is 3.48. The first-order valence-corrected chi connectivity index (χ1v) is 12.7. The standard InChI is InChI=1S/C26H33N3O3S/c1-2-21(30)8-4-3-5-11-24(29-25(31)16-19-13-15-33-18-19)26(32)27-14-12-20-17-28-23-10-7-6-9-22(20)23/h6-7,9-10,13,15,17-18,24,28H,2-5,8,11-12,14,16H2,1H3,(H,27,32)(H,29,31). The lowest BCUT2D eigenvalue weighted by molar-refractivity contribution is -0.128. The molecule has 176 valence electrons. The van der Waals surface area contributed by atoms with E-state index in [1.54, 1.807) is 11.3 Å². The van der Waals surface area contributed by atoms with Gasteiger partial charge in [0.05, 0.1) is 6.42 Å². The Labute approximate surface area is 199 Å². The predicted molar refractivity (Wildman–Crippen MR) is 133 cm³/mol. The number of aromatic nitrogens is 1. The number of carbonyl (C=O) groups excluding carboxylic acids is 3. The third kappa shape index (κ3) is 7.86. The van der Waals surface area contributed by atoms with Crippen molar-refractivity contribution in [2.75, 3.05) is 6.54 Å². The lowest BCUT2D eigenvalue weighted by Gasteiger charge is -2.18. The van der Waals surface area contributed by atoms with Crippen LogP contribution in [-0.2, 0) is 27.2 Å². The monoisotopic (exact) mass is 467 g/mol. The topological polar surface area (TPSA) is 91.1 Å². The van der Waals surface area contributed by atoms with Crippen LogP contribution in [0.1, 0.15) is 56.6 Å². The Kier molecular flexibility index (Phi) is 9.69. The molecular formula is C26H33N3O3S. The summed E-state index contributed by atoms with van der Waals surface area (Å²) in [6.07, 6.45) is 7.16. The molecule has 0 aliphatic carbocycles. The second kappa shape index (κ2) is 12.9. The van der Waals surface area contributed by atoms with Gasteiger partial charge in [-0.05, 0) is 53.3 Å². The number of amides is 2. The van der Waals surface area contributed by atoms with Crippen LogP contribution in [0.3, 0.4) is 0 Å². The fraction of sp³-hybridized carbons (Fsp3) is 0.423. The number of nitrogens with one attached hydrogen (secondary N) is 3. The fourth-order valence-corrected chi connectivity index (χ4v) is 4.57. The number of carbonyl (C=O) groups is 3. The largest absolute Gasteiger partial charge is 0.361 e. The summed E-state index contributed by atoms with van der Waals surface area (Å²) in [6.45, 7) is 2.38. The molecule has 0 spiro atoms. The smallest absolute Gasteiger partial charge is 0.242 e. The molecule has 7 heteroatoms. The SMILES string of the molecule is CCC(=O)CCCCCC(NC(=O)Cc1ccsc1)C(=O)NCCc1c[nH]c2ccccc12. The number of H-pyrrole nitrogens is 1. The number of benzene rings is 1. The summed E-state index contributed by atoms with van der Waals surface area (Å²) in [5, 5.41) is 11.0. The zero-order chi connectivity index (χ0) is 23.5. The van der Waals surface area contributed by atoms with Crippen molar-refractivity contribution in [3.05, 3.63) is 58.4 Å². The lowest BCUT2D eigenvalue weighted by Crippen LogP contribution is -2.47. The van der Waals surface area contributed by atoms with E-state index in [1.807, 2.05) is 48.1 Å². The summed E-state index contributed by atoms with van der Waals surface area (Å²) in [4.78, 5) is 40.2. The van der Waals surface area contributed by atoms with Gasteiger partial charge in [-0.3, -0.25) is 14.4 Å². The molecule has 2 heterocycles. The minimum atomic E-state index is -0.569. The molecule has 1 atom stereocenters. The number of hydrogen-bond acceptors (Lipinski definition) is 4. The molecule has 0 radical (unpaired) electrons. The highest BCUT2D eigenvalue weighted by Gasteiger charge is 2.20. The third-order valence-electron chi connectivity index (χ3n) is 5.81. The summed E-state index contributed by atoms with van der Waals surface area (Å²) in [5.41, 5.74) is 3.19. The summed E-state index contributed by atoms with van der Waals surface area (Å²) in [7, 11) is 0. The summed E-state index contributed by atoms with van der Waals surface area (Å²) in [6, 6.07) is 9.45. The second-order valence-electron chi connectivity index (χ2n) is 8.32. The average molecular weight is 468 g/mol. The summed E-state index contributed by atoms with van der Waals surface area (Å²) >= 11 is 1.55. The number of para-hydroxylation sites is 1. The van der Waals surface area contributed by atoms with E-state index in [0.717, 1.165) is 41.3 Å². The number of Topliss-reactive ketones (excluding diaryl/α,β-unsaturated/α-hetero) is 1. The van der Waals surface area contributed by atoms with Crippen molar-refractivity contribution >= 4 is 39.8 Å². The lowest BCUT2D eigenvalue weighted by atomic mass is 10.0. The first-order valence-electron chi connectivity index (χ1n) is 11.7. The molecule has 1 unspecified atom stereocenters. The van der Waals surface area contributed by atoms with E-state index in [-0.39, 0.29) is 24.0 Å². The number of aromatic amines is 1. The van der Waals surface area contributed by atoms with Gasteiger partial charge in [-0.15, -0.1) is 0 Å². The van der Waals surface area contributed by atoms with Gasteiger partial charge in [-0.1, -0.05) is 38.0 Å². The van der Waals surface area contributed by atoms with Crippen LogP contribution in [0.25, 0.3) is 10.9 Å². The molecule has 0 fully saturated rings. The van der Waals surface area contributed by atoms with E-state index in [0.29, 0.717) is 32.2 Å². The van der Waals surface area contributed by atoms with Crippen LogP contribution in [0.2, 0.25) is 0 Å². The minimum Gasteiger partial charge on any atom is -0.361 e. The molecule has 6 nitrogen and oxygen atoms in total. The second-order valence-corrected chi connectivity index (χ2v) is 9.10. The van der Waals surface area contributed by atoms with Gasteiger partial charge in [0.25, 0.3) is 0 Å². The van der Waals surface area contributed by atoms with Gasteiger partial charge < -0.3 is 15.6 Å². The van der Waals surface area contributed by atoms with Crippen LogP contribution in [-0.4, -0.2) is 35.2 Å². The Balaban J connectivity index is 1.51. The number of thiophene rings is 1. The van der Waals surface area contributed by atoms with Crippen LogP contribution >= 0.6 is 11.3 Å². The molecule has 3 N–H and O–H groups in total. The van der Waals surface area contributed by atoms with Gasteiger partial charge >= 0.3 is 0 Å². The molecule has 0 bridgehead atoms. The normalized spacial score (nSPS) is 11.9. The highest BCUT2D eigenvalue weighted by Crippen LogP contribution is 2.17. The zero-order valence-corrected chi connectivity index (χ0v) is 20.0. The quantitative estimate of drug-likeness (QED) is 0.304. The Morgan fingerprint density at radius 1 is 1.09 bits per heavy atom. The van der Waals surface area contributed by atoms with Crippen molar-refractivity contribution in [2.24, 2.45) is 0 Å². The number of unbranched alkanes of at least 4 members (excludes halogenated alkanes) is 2. The highest BCUT2D eigenvalue weighted by atomic mass is 32.1. The van der Waals surface area contributed by atoms with Crippen molar-refractivity contribution in [2.45, 2.75) is 64.3 Å². The van der Waals surface area contributed by atoms with E-state index in [4.69, 9.17) is 0 Å². The molecule has 33 heavy (non-hydrogen) atoms. The van der Waals surface area contributed by atoms with E-state index in [1.165, 1.54) is 0 Å². The van der Waals surface area contributed by atoms with Gasteiger partial charge in [0.2, 0.25) is 11.8 Å². The number of rotatable bonds is 14. The molecule has 0 saturated carbocycles. The summed E-state index contributed by atoms with van der Waals surface area (Å²) < 4.78 is 0. The Bertz CT molecular complexity index is 1040. The van der Waals surface area contributed by atoms with Crippen LogP contribution < -0.4 is 10.6 Å². The molecule has 3 rings (SSSR count).